The summed E-state index contributed by atoms with van der Waals surface area (Å²) < 4.78 is 0. The predicted molar refractivity (Wildman–Crippen MR) is 92.8 cm³/mol. The van der Waals surface area contributed by atoms with Crippen molar-refractivity contribution < 1.29 is 5.11 Å². The highest BCUT2D eigenvalue weighted by Gasteiger charge is 2.16. The fourth-order valence-electron chi connectivity index (χ4n) is 1.91. The van der Waals surface area contributed by atoms with Gasteiger partial charge in [-0.15, -0.1) is 12.6 Å². The molecule has 2 atom stereocenters. The van der Waals surface area contributed by atoms with E-state index in [1.54, 1.807) is 12.1 Å². The van der Waals surface area contributed by atoms with E-state index in [9.17, 15) is 5.11 Å². The van der Waals surface area contributed by atoms with Gasteiger partial charge in [-0.2, -0.15) is 10.2 Å². The Morgan fingerprint density at radius 1 is 1.43 bits per heavy atom. The van der Waals surface area contributed by atoms with Crippen LogP contribution in [0.1, 0.15) is 13.8 Å². The number of aliphatic hydroxyl groups is 1. The first-order valence-corrected chi connectivity index (χ1v) is 7.37. The summed E-state index contributed by atoms with van der Waals surface area (Å²) in [5, 5.41) is 21.3. The van der Waals surface area contributed by atoms with Crippen LogP contribution in [-0.4, -0.2) is 22.2 Å². The van der Waals surface area contributed by atoms with E-state index >= 15 is 0 Å². The molecule has 1 aliphatic rings. The summed E-state index contributed by atoms with van der Waals surface area (Å²) in [6.45, 7) is 3.74. The number of nitrogens with zero attached hydrogens (tertiary/aromatic N) is 2. The summed E-state index contributed by atoms with van der Waals surface area (Å²) in [6.07, 6.45) is 4.91. The van der Waals surface area contributed by atoms with E-state index in [0.717, 1.165) is 16.2 Å². The van der Waals surface area contributed by atoms with E-state index in [4.69, 9.17) is 12.2 Å². The van der Waals surface area contributed by atoms with Gasteiger partial charge in [-0.05, 0) is 32.0 Å². The Labute approximate surface area is 135 Å². The van der Waals surface area contributed by atoms with Crippen LogP contribution in [0.2, 0.25) is 0 Å². The number of allylic oxidation sites excluding steroid dienone is 2. The zero-order valence-corrected chi connectivity index (χ0v) is 13.5. The molecule has 2 unspecified atom stereocenters. The summed E-state index contributed by atoms with van der Waals surface area (Å²) in [7, 11) is 0. The summed E-state index contributed by atoms with van der Waals surface area (Å²) in [5.74, 6) is 0. The third kappa shape index (κ3) is 4.49. The van der Waals surface area contributed by atoms with Crippen LogP contribution >= 0.6 is 24.8 Å². The van der Waals surface area contributed by atoms with Crippen molar-refractivity contribution in [2.75, 3.05) is 5.32 Å². The molecule has 0 aromatic heterocycles. The number of rotatable bonds is 3. The van der Waals surface area contributed by atoms with Crippen molar-refractivity contribution in [2.24, 2.45) is 10.2 Å². The van der Waals surface area contributed by atoms with Gasteiger partial charge >= 0.3 is 0 Å². The minimum absolute atomic E-state index is 0.349. The molecule has 1 aliphatic carbocycles. The van der Waals surface area contributed by atoms with Crippen molar-refractivity contribution in [1.82, 2.24) is 0 Å². The minimum Gasteiger partial charge on any atom is -0.386 e. The van der Waals surface area contributed by atoms with Gasteiger partial charge in [-0.3, -0.25) is 0 Å². The molecule has 0 amide bonds. The van der Waals surface area contributed by atoms with Crippen LogP contribution in [0, 0.1) is 0 Å². The Bertz CT molecular complexity index is 638. The highest BCUT2D eigenvalue weighted by atomic mass is 32.1. The Morgan fingerprint density at radius 2 is 2.19 bits per heavy atom. The topological polar surface area (TPSA) is 57.0 Å². The van der Waals surface area contributed by atoms with Crippen LogP contribution in [-0.2, 0) is 0 Å². The maximum Gasteiger partial charge on any atom is 0.119 e. The SMILES string of the molecule is CC(=S)Nc1ccc(N=NC2C=CC(C)=CC2O)cc1S. The van der Waals surface area contributed by atoms with E-state index in [1.807, 2.05) is 38.1 Å². The fourth-order valence-corrected chi connectivity index (χ4v) is 2.28. The fraction of sp³-hybridized carbons (Fsp3) is 0.267. The average Bonchev–Trinajstić information content (AvgIpc) is 2.40. The summed E-state index contributed by atoms with van der Waals surface area (Å²) in [6, 6.07) is 5.12. The van der Waals surface area contributed by atoms with E-state index in [-0.39, 0.29) is 6.04 Å². The lowest BCUT2D eigenvalue weighted by atomic mass is 10.0. The first kappa shape index (κ1) is 15.9. The zero-order chi connectivity index (χ0) is 15.4. The Balaban J connectivity index is 2.10. The number of nitrogens with one attached hydrogen (secondary N) is 1. The highest BCUT2D eigenvalue weighted by Crippen LogP contribution is 2.26. The van der Waals surface area contributed by atoms with E-state index in [0.29, 0.717) is 10.7 Å². The van der Waals surface area contributed by atoms with Gasteiger partial charge in [0.25, 0.3) is 0 Å². The molecule has 1 aromatic rings. The third-order valence-corrected chi connectivity index (χ3v) is 3.41. The number of azo groups is 1. The van der Waals surface area contributed by atoms with Crippen LogP contribution in [0.4, 0.5) is 11.4 Å². The molecule has 2 rings (SSSR count). The Kier molecular flexibility index (Phi) is 5.27. The van der Waals surface area contributed by atoms with Crippen LogP contribution < -0.4 is 5.32 Å². The van der Waals surface area contributed by atoms with Crippen molar-refractivity contribution in [2.45, 2.75) is 30.9 Å². The molecular formula is C15H17N3OS2. The van der Waals surface area contributed by atoms with Crippen molar-refractivity contribution in [3.8, 4) is 0 Å². The number of aliphatic hydroxyl groups excluding tert-OH is 1. The molecule has 6 heteroatoms. The maximum absolute atomic E-state index is 9.89. The number of hydrogen-bond acceptors (Lipinski definition) is 5. The van der Waals surface area contributed by atoms with Gasteiger partial charge in [0.2, 0.25) is 0 Å². The van der Waals surface area contributed by atoms with Gasteiger partial charge in [-0.1, -0.05) is 36.0 Å². The van der Waals surface area contributed by atoms with Gasteiger partial charge < -0.3 is 10.4 Å². The Morgan fingerprint density at radius 3 is 2.81 bits per heavy atom. The number of thiocarbonyl (C=S) groups is 1. The van der Waals surface area contributed by atoms with Crippen molar-refractivity contribution in [3.05, 3.63) is 42.0 Å². The summed E-state index contributed by atoms with van der Waals surface area (Å²) in [5.41, 5.74) is 2.54. The summed E-state index contributed by atoms with van der Waals surface area (Å²) in [4.78, 5) is 1.42. The first-order valence-electron chi connectivity index (χ1n) is 6.52. The van der Waals surface area contributed by atoms with Gasteiger partial charge in [0.1, 0.15) is 12.1 Å². The number of thiol groups is 1. The minimum atomic E-state index is -0.632. The normalized spacial score (nSPS) is 21.4. The molecule has 0 radical (unpaired) electrons. The smallest absolute Gasteiger partial charge is 0.119 e. The molecule has 0 spiro atoms. The van der Waals surface area contributed by atoms with Crippen molar-refractivity contribution in [1.29, 1.82) is 0 Å². The lowest BCUT2D eigenvalue weighted by Crippen LogP contribution is -2.21. The lowest BCUT2D eigenvalue weighted by Gasteiger charge is -2.15. The molecule has 0 heterocycles. The van der Waals surface area contributed by atoms with Crippen LogP contribution in [0.15, 0.2) is 57.1 Å². The van der Waals surface area contributed by atoms with Crippen LogP contribution in [0.5, 0.6) is 0 Å². The third-order valence-electron chi connectivity index (χ3n) is 2.94. The van der Waals surface area contributed by atoms with Crippen LogP contribution in [0.3, 0.4) is 0 Å². The number of hydrogen-bond donors (Lipinski definition) is 3. The second-order valence-corrected chi connectivity index (χ2v) is 5.94. The molecule has 0 bridgehead atoms. The van der Waals surface area contributed by atoms with E-state index in [2.05, 4.69) is 28.2 Å². The monoisotopic (exact) mass is 319 g/mol. The molecule has 0 saturated heterocycles. The first-order chi connectivity index (χ1) is 9.95. The molecule has 110 valence electrons. The molecule has 2 N–H and O–H groups in total. The molecule has 1 aromatic carbocycles. The second-order valence-electron chi connectivity index (χ2n) is 4.85. The molecule has 0 fully saturated rings. The largest absolute Gasteiger partial charge is 0.386 e. The van der Waals surface area contributed by atoms with Crippen molar-refractivity contribution >= 4 is 41.2 Å². The quantitative estimate of drug-likeness (QED) is 0.447. The number of benzene rings is 1. The van der Waals surface area contributed by atoms with E-state index in [1.165, 1.54) is 0 Å². The molecule has 0 saturated carbocycles. The molecular weight excluding hydrogens is 302 g/mol. The van der Waals surface area contributed by atoms with Gasteiger partial charge in [0.05, 0.1) is 16.4 Å². The van der Waals surface area contributed by atoms with Gasteiger partial charge in [0.15, 0.2) is 0 Å². The maximum atomic E-state index is 9.89. The standard InChI is InChI=1S/C15H17N3OS2/c1-9-3-5-12(14(19)7-9)18-17-11-4-6-13(15(21)8-11)16-10(2)20/h3-8,12,14,19,21H,1-2H3,(H,16,20). The number of anilines is 1. The van der Waals surface area contributed by atoms with Gasteiger partial charge in [0, 0.05) is 4.90 Å². The Hall–Kier alpha value is -1.50. The lowest BCUT2D eigenvalue weighted by molar-refractivity contribution is 0.204. The second kappa shape index (κ2) is 6.98. The zero-order valence-electron chi connectivity index (χ0n) is 11.8. The van der Waals surface area contributed by atoms with Crippen LogP contribution in [0.25, 0.3) is 0 Å². The average molecular weight is 319 g/mol. The van der Waals surface area contributed by atoms with Gasteiger partial charge in [-0.25, -0.2) is 0 Å². The van der Waals surface area contributed by atoms with Crippen molar-refractivity contribution in [3.63, 3.8) is 0 Å². The highest BCUT2D eigenvalue weighted by molar-refractivity contribution is 7.81. The molecule has 4 nitrogen and oxygen atoms in total. The van der Waals surface area contributed by atoms with E-state index < -0.39 is 6.10 Å². The molecule has 21 heavy (non-hydrogen) atoms. The predicted octanol–water partition coefficient (Wildman–Crippen LogP) is 4.06. The summed E-state index contributed by atoms with van der Waals surface area (Å²) >= 11 is 9.40. The molecule has 0 aliphatic heterocycles.